The molecule has 1 atom stereocenters. The highest BCUT2D eigenvalue weighted by molar-refractivity contribution is 5.08. The molecule has 1 heterocycles. The summed E-state index contributed by atoms with van der Waals surface area (Å²) in [5.41, 5.74) is 1.24. The van der Waals surface area contributed by atoms with Crippen molar-refractivity contribution in [2.45, 2.75) is 26.4 Å². The van der Waals surface area contributed by atoms with Gasteiger partial charge in [-0.25, -0.2) is 0 Å². The maximum atomic E-state index is 4.18. The molecular weight excluding hydrogens is 138 g/mol. The van der Waals surface area contributed by atoms with Crippen LogP contribution in [-0.4, -0.2) is 16.8 Å². The molecule has 0 amide bonds. The van der Waals surface area contributed by atoms with Crippen LogP contribution in [0.25, 0.3) is 0 Å². The fourth-order valence-electron chi connectivity index (χ4n) is 0.943. The zero-order valence-electron chi connectivity index (χ0n) is 7.33. The Kier molecular flexibility index (Phi) is 2.65. The van der Waals surface area contributed by atoms with E-state index in [9.17, 15) is 0 Å². The van der Waals surface area contributed by atoms with Gasteiger partial charge in [0.05, 0.1) is 6.20 Å². The number of nitrogens with zero attached hydrogens (tertiary/aromatic N) is 2. The van der Waals surface area contributed by atoms with Crippen LogP contribution >= 0.6 is 0 Å². The number of nitrogens with one attached hydrogen (secondary N) is 1. The van der Waals surface area contributed by atoms with Crippen molar-refractivity contribution in [3.8, 4) is 0 Å². The van der Waals surface area contributed by atoms with Crippen LogP contribution in [0.4, 0.5) is 0 Å². The van der Waals surface area contributed by atoms with Crippen LogP contribution in [-0.2, 0) is 6.54 Å². The second kappa shape index (κ2) is 3.53. The summed E-state index contributed by atoms with van der Waals surface area (Å²) in [6.45, 7) is 5.15. The molecule has 0 aromatic carbocycles. The molecule has 1 N–H and O–H groups in total. The Balaban J connectivity index is 2.71. The predicted molar refractivity (Wildman–Crippen MR) is 45.4 cm³/mol. The molecule has 1 aromatic heterocycles. The number of aromatic nitrogens is 2. The molecule has 0 saturated carbocycles. The van der Waals surface area contributed by atoms with Crippen molar-refractivity contribution in [3.63, 3.8) is 0 Å². The van der Waals surface area contributed by atoms with Crippen molar-refractivity contribution in [3.05, 3.63) is 18.0 Å². The normalized spacial score (nSPS) is 13.4. The summed E-state index contributed by atoms with van der Waals surface area (Å²) in [4.78, 5) is 0. The number of aryl methyl sites for hydroxylation is 1. The van der Waals surface area contributed by atoms with Gasteiger partial charge in [-0.15, -0.1) is 0 Å². The van der Waals surface area contributed by atoms with Crippen LogP contribution < -0.4 is 5.32 Å². The Hall–Kier alpha value is -0.830. The number of hydrogen-bond donors (Lipinski definition) is 1. The van der Waals surface area contributed by atoms with E-state index in [2.05, 4.69) is 30.5 Å². The first kappa shape index (κ1) is 8.27. The Morgan fingerprint density at radius 2 is 2.45 bits per heavy atom. The van der Waals surface area contributed by atoms with E-state index in [1.807, 2.05) is 17.9 Å². The van der Waals surface area contributed by atoms with Crippen molar-refractivity contribution >= 4 is 0 Å². The van der Waals surface area contributed by atoms with Crippen LogP contribution in [0.1, 0.15) is 25.5 Å². The van der Waals surface area contributed by atoms with Gasteiger partial charge in [0.25, 0.3) is 0 Å². The van der Waals surface area contributed by atoms with Crippen molar-refractivity contribution in [2.24, 2.45) is 0 Å². The maximum Gasteiger partial charge on any atom is 0.0537 e. The van der Waals surface area contributed by atoms with Crippen molar-refractivity contribution < 1.29 is 0 Å². The largest absolute Gasteiger partial charge is 0.313 e. The summed E-state index contributed by atoms with van der Waals surface area (Å²) in [5.74, 6) is 0. The summed E-state index contributed by atoms with van der Waals surface area (Å²) in [6.07, 6.45) is 3.98. The van der Waals surface area contributed by atoms with Gasteiger partial charge in [0.1, 0.15) is 0 Å². The molecule has 0 bridgehead atoms. The van der Waals surface area contributed by atoms with E-state index in [1.165, 1.54) is 5.56 Å². The predicted octanol–water partition coefficient (Wildman–Crippen LogP) is 1.18. The third kappa shape index (κ3) is 1.80. The molecule has 0 aliphatic carbocycles. The minimum Gasteiger partial charge on any atom is -0.313 e. The van der Waals surface area contributed by atoms with E-state index in [-0.39, 0.29) is 0 Å². The lowest BCUT2D eigenvalue weighted by Gasteiger charge is -2.05. The molecule has 62 valence electrons. The van der Waals surface area contributed by atoms with E-state index < -0.39 is 0 Å². The van der Waals surface area contributed by atoms with Gasteiger partial charge >= 0.3 is 0 Å². The van der Waals surface area contributed by atoms with Gasteiger partial charge in [0.2, 0.25) is 0 Å². The lowest BCUT2D eigenvalue weighted by Crippen LogP contribution is -2.11. The molecule has 3 heteroatoms. The molecule has 1 rings (SSSR count). The minimum absolute atomic E-state index is 0.398. The summed E-state index contributed by atoms with van der Waals surface area (Å²) in [7, 11) is 1.95. The Bertz CT molecular complexity index is 217. The van der Waals surface area contributed by atoms with Gasteiger partial charge < -0.3 is 5.32 Å². The van der Waals surface area contributed by atoms with Gasteiger partial charge in [-0.05, 0) is 20.9 Å². The third-order valence-electron chi connectivity index (χ3n) is 1.91. The molecular formula is C8H15N3. The third-order valence-corrected chi connectivity index (χ3v) is 1.91. The molecule has 0 saturated heterocycles. The van der Waals surface area contributed by atoms with Crippen LogP contribution in [0.5, 0.6) is 0 Å². The quantitative estimate of drug-likeness (QED) is 0.706. The lowest BCUT2D eigenvalue weighted by molar-refractivity contribution is 0.640. The van der Waals surface area contributed by atoms with Gasteiger partial charge in [-0.3, -0.25) is 4.68 Å². The van der Waals surface area contributed by atoms with Crippen molar-refractivity contribution in [2.75, 3.05) is 7.05 Å². The summed E-state index contributed by atoms with van der Waals surface area (Å²) >= 11 is 0. The molecule has 0 radical (unpaired) electrons. The molecule has 0 aliphatic heterocycles. The molecule has 1 unspecified atom stereocenters. The van der Waals surface area contributed by atoms with Crippen LogP contribution in [0.15, 0.2) is 12.4 Å². The fourth-order valence-corrected chi connectivity index (χ4v) is 0.943. The summed E-state index contributed by atoms with van der Waals surface area (Å²) < 4.78 is 1.93. The van der Waals surface area contributed by atoms with Crippen molar-refractivity contribution in [1.29, 1.82) is 0 Å². The highest BCUT2D eigenvalue weighted by atomic mass is 15.3. The van der Waals surface area contributed by atoms with E-state index in [0.29, 0.717) is 6.04 Å². The molecule has 0 aliphatic rings. The first-order chi connectivity index (χ1) is 5.27. The molecule has 3 nitrogen and oxygen atoms in total. The summed E-state index contributed by atoms with van der Waals surface area (Å²) in [6, 6.07) is 0.398. The van der Waals surface area contributed by atoms with Crippen LogP contribution in [0.3, 0.4) is 0 Å². The monoisotopic (exact) mass is 153 g/mol. The van der Waals surface area contributed by atoms with E-state index in [0.717, 1.165) is 6.54 Å². The highest BCUT2D eigenvalue weighted by Crippen LogP contribution is 2.09. The van der Waals surface area contributed by atoms with Crippen LogP contribution in [0.2, 0.25) is 0 Å². The second-order valence-electron chi connectivity index (χ2n) is 2.64. The topological polar surface area (TPSA) is 29.9 Å². The first-order valence-corrected chi connectivity index (χ1v) is 3.97. The average Bonchev–Trinajstić information content (AvgIpc) is 2.50. The van der Waals surface area contributed by atoms with Crippen molar-refractivity contribution in [1.82, 2.24) is 15.1 Å². The Morgan fingerprint density at radius 3 is 2.91 bits per heavy atom. The lowest BCUT2D eigenvalue weighted by atomic mass is 10.2. The zero-order chi connectivity index (χ0) is 8.27. The summed E-state index contributed by atoms with van der Waals surface area (Å²) in [5, 5.41) is 7.35. The maximum absolute atomic E-state index is 4.18. The smallest absolute Gasteiger partial charge is 0.0537 e. The van der Waals surface area contributed by atoms with Gasteiger partial charge in [0.15, 0.2) is 0 Å². The van der Waals surface area contributed by atoms with Gasteiger partial charge in [-0.1, -0.05) is 0 Å². The van der Waals surface area contributed by atoms with Crippen LogP contribution in [0, 0.1) is 0 Å². The fraction of sp³-hybridized carbons (Fsp3) is 0.625. The average molecular weight is 153 g/mol. The SMILES string of the molecule is CCn1cc(C(C)NC)cn1. The first-order valence-electron chi connectivity index (χ1n) is 3.97. The Morgan fingerprint density at radius 1 is 1.73 bits per heavy atom. The Labute approximate surface area is 67.4 Å². The second-order valence-corrected chi connectivity index (χ2v) is 2.64. The van der Waals surface area contributed by atoms with E-state index >= 15 is 0 Å². The molecule has 0 spiro atoms. The van der Waals surface area contributed by atoms with E-state index in [4.69, 9.17) is 0 Å². The number of hydrogen-bond acceptors (Lipinski definition) is 2. The zero-order valence-corrected chi connectivity index (χ0v) is 7.33. The highest BCUT2D eigenvalue weighted by Gasteiger charge is 2.03. The van der Waals surface area contributed by atoms with E-state index in [1.54, 1.807) is 0 Å². The van der Waals surface area contributed by atoms with Gasteiger partial charge in [-0.2, -0.15) is 5.10 Å². The molecule has 1 aromatic rings. The molecule has 11 heavy (non-hydrogen) atoms. The standard InChI is InChI=1S/C8H15N3/c1-4-11-6-8(5-10-11)7(2)9-3/h5-7,9H,4H2,1-3H3. The number of rotatable bonds is 3. The van der Waals surface area contributed by atoms with Gasteiger partial charge in [0, 0.05) is 24.3 Å². The minimum atomic E-state index is 0.398. The molecule has 0 fully saturated rings.